The number of hydrogen-bond acceptors (Lipinski definition) is 6. The van der Waals surface area contributed by atoms with Crippen molar-refractivity contribution in [1.29, 1.82) is 0 Å². The van der Waals surface area contributed by atoms with Gasteiger partial charge in [-0.3, -0.25) is 20.4 Å². The van der Waals surface area contributed by atoms with E-state index in [-0.39, 0.29) is 19.6 Å². The number of nitrogens with one attached hydrogen (secondary N) is 2. The van der Waals surface area contributed by atoms with Gasteiger partial charge in [0.25, 0.3) is 0 Å². The number of hydrogen-bond donors (Lipinski definition) is 3. The number of primary amides is 1. The molecule has 0 heterocycles. The topological polar surface area (TPSA) is 117 Å². The first-order valence-electron chi connectivity index (χ1n) is 10.3. The van der Waals surface area contributed by atoms with E-state index in [0.717, 1.165) is 11.1 Å². The number of amides is 3. The highest BCUT2D eigenvalue weighted by atomic mass is 16.6. The third kappa shape index (κ3) is 10.1. The second-order valence-corrected chi connectivity index (χ2v) is 8.30. The molecule has 2 aromatic carbocycles. The Kier molecular flexibility index (Phi) is 9.18. The molecule has 2 aromatic rings. The molecule has 0 bridgehead atoms. The molecule has 0 radical (unpaired) electrons. The van der Waals surface area contributed by atoms with Crippen molar-refractivity contribution in [3.05, 3.63) is 71.8 Å². The zero-order valence-electron chi connectivity index (χ0n) is 18.7. The number of hydrazine groups is 2. The van der Waals surface area contributed by atoms with Crippen molar-refractivity contribution in [1.82, 2.24) is 20.9 Å². The summed E-state index contributed by atoms with van der Waals surface area (Å²) in [6.07, 6.45) is -0.667. The molecule has 0 saturated carbocycles. The zero-order chi connectivity index (χ0) is 23.6. The number of ether oxygens (including phenoxy) is 1. The lowest BCUT2D eigenvalue weighted by molar-refractivity contribution is -0.130. The minimum atomic E-state index is -0.682. The molecule has 172 valence electrons. The zero-order valence-corrected chi connectivity index (χ0v) is 18.7. The molecule has 9 heteroatoms. The Balaban J connectivity index is 2.06. The summed E-state index contributed by atoms with van der Waals surface area (Å²) < 4.78 is 5.31. The summed E-state index contributed by atoms with van der Waals surface area (Å²) >= 11 is 0. The van der Waals surface area contributed by atoms with Crippen molar-refractivity contribution >= 4 is 17.9 Å². The first-order chi connectivity index (χ1) is 15.1. The van der Waals surface area contributed by atoms with E-state index < -0.39 is 23.5 Å². The van der Waals surface area contributed by atoms with Gasteiger partial charge in [-0.05, 0) is 31.9 Å². The highest BCUT2D eigenvalue weighted by Gasteiger charge is 2.21. The molecule has 0 aliphatic rings. The van der Waals surface area contributed by atoms with Gasteiger partial charge in [0.15, 0.2) is 0 Å². The number of nitrogens with zero attached hydrogens (tertiary/aromatic N) is 2. The SMILES string of the molecule is CC(C)(C)OC(=O)NN(CC(=O)NN(CC(N)=O)Cc1ccccc1)Cc1ccccc1. The number of nitrogens with two attached hydrogens (primary N) is 1. The van der Waals surface area contributed by atoms with Gasteiger partial charge in [-0.15, -0.1) is 0 Å². The van der Waals surface area contributed by atoms with Crippen molar-refractivity contribution in [3.8, 4) is 0 Å². The Morgan fingerprint density at radius 1 is 0.812 bits per heavy atom. The first-order valence-corrected chi connectivity index (χ1v) is 10.3. The Bertz CT molecular complexity index is 884. The highest BCUT2D eigenvalue weighted by molar-refractivity contribution is 5.79. The van der Waals surface area contributed by atoms with E-state index in [9.17, 15) is 14.4 Å². The van der Waals surface area contributed by atoms with E-state index in [1.54, 1.807) is 20.8 Å². The van der Waals surface area contributed by atoms with Gasteiger partial charge in [0.1, 0.15) is 5.60 Å². The first kappa shape index (κ1) is 24.8. The highest BCUT2D eigenvalue weighted by Crippen LogP contribution is 2.08. The van der Waals surface area contributed by atoms with Crippen molar-refractivity contribution in [2.45, 2.75) is 39.5 Å². The van der Waals surface area contributed by atoms with Crippen molar-refractivity contribution in [2.24, 2.45) is 5.73 Å². The molecule has 4 N–H and O–H groups in total. The lowest BCUT2D eigenvalue weighted by atomic mass is 10.2. The molecule has 2 rings (SSSR count). The molecule has 9 nitrogen and oxygen atoms in total. The van der Waals surface area contributed by atoms with Crippen LogP contribution in [0.3, 0.4) is 0 Å². The summed E-state index contributed by atoms with van der Waals surface area (Å²) in [6.45, 7) is 5.52. The number of carbonyl (C=O) groups is 3. The fourth-order valence-corrected chi connectivity index (χ4v) is 2.88. The maximum atomic E-state index is 12.8. The third-order valence-electron chi connectivity index (χ3n) is 4.04. The Labute approximate surface area is 188 Å². The number of carbonyl (C=O) groups excluding carboxylic acids is 3. The van der Waals surface area contributed by atoms with Gasteiger partial charge in [0.05, 0.1) is 13.1 Å². The van der Waals surface area contributed by atoms with Crippen LogP contribution in [0.1, 0.15) is 31.9 Å². The van der Waals surface area contributed by atoms with Gasteiger partial charge in [0.2, 0.25) is 11.8 Å². The maximum Gasteiger partial charge on any atom is 0.422 e. The summed E-state index contributed by atoms with van der Waals surface area (Å²) in [7, 11) is 0. The van der Waals surface area contributed by atoms with Gasteiger partial charge >= 0.3 is 6.09 Å². The number of benzene rings is 2. The Morgan fingerprint density at radius 2 is 1.28 bits per heavy atom. The lowest BCUT2D eigenvalue weighted by Gasteiger charge is -2.27. The predicted molar refractivity (Wildman–Crippen MR) is 120 cm³/mol. The van der Waals surface area contributed by atoms with Crippen LogP contribution in [-0.4, -0.2) is 46.6 Å². The predicted octanol–water partition coefficient (Wildman–Crippen LogP) is 1.95. The normalized spacial score (nSPS) is 11.3. The van der Waals surface area contributed by atoms with Gasteiger partial charge in [-0.1, -0.05) is 60.7 Å². The van der Waals surface area contributed by atoms with Crippen LogP contribution in [0, 0.1) is 0 Å². The smallest absolute Gasteiger partial charge is 0.422 e. The van der Waals surface area contributed by atoms with Gasteiger partial charge < -0.3 is 10.5 Å². The van der Waals surface area contributed by atoms with E-state index in [0.29, 0.717) is 6.54 Å². The van der Waals surface area contributed by atoms with Crippen molar-refractivity contribution < 1.29 is 19.1 Å². The van der Waals surface area contributed by atoms with E-state index in [4.69, 9.17) is 10.5 Å². The molecule has 0 atom stereocenters. The summed E-state index contributed by atoms with van der Waals surface area (Å²) in [5, 5.41) is 2.89. The van der Waals surface area contributed by atoms with Crippen LogP contribution in [0.4, 0.5) is 4.79 Å². The standard InChI is InChI=1S/C23H31N5O4/c1-23(2,3)32-22(31)26-28(15-19-12-8-5-9-13-19)17-21(30)25-27(16-20(24)29)14-18-10-6-4-7-11-18/h4-13H,14-17H2,1-3H3,(H2,24,29)(H,25,30)(H,26,31). The van der Waals surface area contributed by atoms with E-state index in [2.05, 4.69) is 10.9 Å². The summed E-state index contributed by atoms with van der Waals surface area (Å²) in [6, 6.07) is 18.8. The summed E-state index contributed by atoms with van der Waals surface area (Å²) in [5.41, 5.74) is 11.8. The molecular formula is C23H31N5O4. The molecular weight excluding hydrogens is 410 g/mol. The Hall–Kier alpha value is -3.43. The van der Waals surface area contributed by atoms with Crippen molar-refractivity contribution in [3.63, 3.8) is 0 Å². The van der Waals surface area contributed by atoms with Crippen LogP contribution in [0.2, 0.25) is 0 Å². The largest absolute Gasteiger partial charge is 0.443 e. The van der Waals surface area contributed by atoms with Crippen LogP contribution in [0.25, 0.3) is 0 Å². The van der Waals surface area contributed by atoms with Crippen LogP contribution in [-0.2, 0) is 27.4 Å². The fraction of sp³-hybridized carbons (Fsp3) is 0.348. The summed E-state index contributed by atoms with van der Waals surface area (Å²) in [5.74, 6) is -0.997. The molecule has 0 aromatic heterocycles. The lowest BCUT2D eigenvalue weighted by Crippen LogP contribution is -2.52. The van der Waals surface area contributed by atoms with Crippen molar-refractivity contribution in [2.75, 3.05) is 13.1 Å². The van der Waals surface area contributed by atoms with Gasteiger partial charge in [-0.2, -0.15) is 0 Å². The van der Waals surface area contributed by atoms with Crippen LogP contribution in [0.5, 0.6) is 0 Å². The molecule has 32 heavy (non-hydrogen) atoms. The maximum absolute atomic E-state index is 12.8. The van der Waals surface area contributed by atoms with Crippen LogP contribution < -0.4 is 16.6 Å². The monoisotopic (exact) mass is 441 g/mol. The summed E-state index contributed by atoms with van der Waals surface area (Å²) in [4.78, 5) is 36.5. The molecule has 0 unspecified atom stereocenters. The van der Waals surface area contributed by atoms with E-state index in [1.807, 2.05) is 60.7 Å². The van der Waals surface area contributed by atoms with E-state index >= 15 is 0 Å². The molecule has 0 fully saturated rings. The van der Waals surface area contributed by atoms with E-state index in [1.165, 1.54) is 10.0 Å². The van der Waals surface area contributed by atoms with Gasteiger partial charge in [0, 0.05) is 13.1 Å². The van der Waals surface area contributed by atoms with Gasteiger partial charge in [-0.25, -0.2) is 14.8 Å². The molecule has 0 spiro atoms. The molecule has 0 saturated heterocycles. The molecule has 0 aliphatic heterocycles. The average molecular weight is 442 g/mol. The number of rotatable bonds is 10. The Morgan fingerprint density at radius 3 is 1.72 bits per heavy atom. The molecule has 3 amide bonds. The minimum absolute atomic E-state index is 0.154. The van der Waals surface area contributed by atoms with Crippen LogP contribution in [0.15, 0.2) is 60.7 Å². The average Bonchev–Trinajstić information content (AvgIpc) is 2.67. The second-order valence-electron chi connectivity index (χ2n) is 8.30. The quantitative estimate of drug-likeness (QED) is 0.485. The second kappa shape index (κ2) is 11.8. The fourth-order valence-electron chi connectivity index (χ4n) is 2.88. The third-order valence-corrected chi connectivity index (χ3v) is 4.04. The van der Waals surface area contributed by atoms with Crippen LogP contribution >= 0.6 is 0 Å². The minimum Gasteiger partial charge on any atom is -0.443 e. The molecule has 0 aliphatic carbocycles.